The third kappa shape index (κ3) is 1.97. The Labute approximate surface area is 87.0 Å². The Balaban J connectivity index is 2.23. The van der Waals surface area contributed by atoms with Crippen LogP contribution in [-0.2, 0) is 0 Å². The highest BCUT2D eigenvalue weighted by Crippen LogP contribution is 2.17. The van der Waals surface area contributed by atoms with Crippen LogP contribution in [-0.4, -0.2) is 10.9 Å². The third-order valence-corrected chi connectivity index (χ3v) is 2.13. The fraction of sp³-hybridized carbons (Fsp3) is 0.0833. The van der Waals surface area contributed by atoms with Gasteiger partial charge in [0.15, 0.2) is 5.76 Å². The van der Waals surface area contributed by atoms with E-state index in [2.05, 4.69) is 0 Å². The van der Waals surface area contributed by atoms with Gasteiger partial charge in [-0.15, -0.1) is 0 Å². The number of aliphatic hydroxyl groups is 1. The lowest BCUT2D eigenvalue weighted by atomic mass is 10.0. The van der Waals surface area contributed by atoms with Crippen LogP contribution in [0, 0.1) is 0 Å². The molecule has 0 unspecified atom stereocenters. The van der Waals surface area contributed by atoms with Gasteiger partial charge in [0.1, 0.15) is 6.10 Å². The van der Waals surface area contributed by atoms with Crippen molar-refractivity contribution in [2.45, 2.75) is 6.10 Å². The summed E-state index contributed by atoms with van der Waals surface area (Å²) in [4.78, 5) is 11.7. The summed E-state index contributed by atoms with van der Waals surface area (Å²) in [5, 5.41) is 9.75. The highest BCUT2D eigenvalue weighted by molar-refractivity contribution is 5.97. The molecule has 0 radical (unpaired) electrons. The monoisotopic (exact) mass is 202 g/mol. The average molecular weight is 202 g/mol. The van der Waals surface area contributed by atoms with Gasteiger partial charge >= 0.3 is 0 Å². The number of carbonyl (C=O) groups is 1. The van der Waals surface area contributed by atoms with Gasteiger partial charge in [0.2, 0.25) is 5.78 Å². The zero-order valence-electron chi connectivity index (χ0n) is 7.96. The average Bonchev–Trinajstić information content (AvgIpc) is 2.82. The molecule has 76 valence electrons. The number of rotatable bonds is 3. The number of Topliss-reactive ketones (excluding diaryl/α,β-unsaturated/α-hetero) is 1. The van der Waals surface area contributed by atoms with Crippen molar-refractivity contribution in [2.24, 2.45) is 0 Å². The molecule has 1 N–H and O–H groups in total. The molecule has 3 nitrogen and oxygen atoms in total. The quantitative estimate of drug-likeness (QED) is 0.776. The Morgan fingerprint density at radius 2 is 1.87 bits per heavy atom. The van der Waals surface area contributed by atoms with E-state index >= 15 is 0 Å². The zero-order valence-corrected chi connectivity index (χ0v) is 7.96. The Kier molecular flexibility index (Phi) is 2.65. The van der Waals surface area contributed by atoms with Gasteiger partial charge in [-0.3, -0.25) is 4.79 Å². The van der Waals surface area contributed by atoms with E-state index in [4.69, 9.17) is 4.42 Å². The van der Waals surface area contributed by atoms with Gasteiger partial charge < -0.3 is 9.52 Å². The Morgan fingerprint density at radius 1 is 1.13 bits per heavy atom. The lowest BCUT2D eigenvalue weighted by molar-refractivity contribution is 0.0718. The molecule has 1 atom stereocenters. The van der Waals surface area contributed by atoms with E-state index in [0.29, 0.717) is 5.56 Å². The molecule has 1 aromatic carbocycles. The predicted octanol–water partition coefficient (Wildman–Crippen LogP) is 2.20. The van der Waals surface area contributed by atoms with Gasteiger partial charge in [-0.25, -0.2) is 0 Å². The van der Waals surface area contributed by atoms with Crippen LogP contribution in [0.4, 0.5) is 0 Å². The summed E-state index contributed by atoms with van der Waals surface area (Å²) in [6, 6.07) is 11.9. The van der Waals surface area contributed by atoms with Crippen molar-refractivity contribution < 1.29 is 14.3 Å². The van der Waals surface area contributed by atoms with Crippen molar-refractivity contribution in [1.29, 1.82) is 0 Å². The summed E-state index contributed by atoms with van der Waals surface area (Å²) >= 11 is 0. The number of ketones is 1. The predicted molar refractivity (Wildman–Crippen MR) is 54.4 cm³/mol. The molecule has 0 saturated heterocycles. The first kappa shape index (κ1) is 9.68. The van der Waals surface area contributed by atoms with E-state index in [0.717, 1.165) is 0 Å². The summed E-state index contributed by atoms with van der Waals surface area (Å²) in [7, 11) is 0. The maximum atomic E-state index is 11.7. The first-order valence-electron chi connectivity index (χ1n) is 4.60. The van der Waals surface area contributed by atoms with E-state index in [-0.39, 0.29) is 5.76 Å². The lowest BCUT2D eigenvalue weighted by Gasteiger charge is -2.07. The molecule has 0 fully saturated rings. The lowest BCUT2D eigenvalue weighted by Crippen LogP contribution is -2.11. The largest absolute Gasteiger partial charge is 0.461 e. The summed E-state index contributed by atoms with van der Waals surface area (Å²) in [5.41, 5.74) is 0.568. The summed E-state index contributed by atoms with van der Waals surface area (Å²) < 4.78 is 4.93. The smallest absolute Gasteiger partial charge is 0.230 e. The van der Waals surface area contributed by atoms with Crippen LogP contribution in [0.2, 0.25) is 0 Å². The van der Waals surface area contributed by atoms with Crippen LogP contribution < -0.4 is 0 Å². The van der Waals surface area contributed by atoms with Crippen molar-refractivity contribution >= 4 is 5.78 Å². The summed E-state index contributed by atoms with van der Waals surface area (Å²) in [6.07, 6.45) is 0.252. The number of furan rings is 1. The standard InChI is InChI=1S/C12H10O3/c13-11(9-5-2-1-3-6-9)12(14)10-7-4-8-15-10/h1-8,11,13H/t11-/m1/s1. The van der Waals surface area contributed by atoms with Gasteiger partial charge in [0, 0.05) is 0 Å². The summed E-state index contributed by atoms with van der Waals surface area (Å²) in [5.74, 6) is -0.252. The minimum atomic E-state index is -1.16. The molecule has 1 aromatic heterocycles. The Hall–Kier alpha value is -1.87. The molecule has 1 heterocycles. The molecule has 0 aliphatic carbocycles. The maximum absolute atomic E-state index is 11.7. The van der Waals surface area contributed by atoms with E-state index in [1.807, 2.05) is 6.07 Å². The summed E-state index contributed by atoms with van der Waals surface area (Å²) in [6.45, 7) is 0. The van der Waals surface area contributed by atoms with Crippen LogP contribution in [0.1, 0.15) is 22.2 Å². The van der Waals surface area contributed by atoms with E-state index in [1.54, 1.807) is 30.3 Å². The minimum absolute atomic E-state index is 0.173. The molecular formula is C12H10O3. The Morgan fingerprint density at radius 3 is 2.47 bits per heavy atom. The van der Waals surface area contributed by atoms with Crippen LogP contribution >= 0.6 is 0 Å². The number of hydrogen-bond acceptors (Lipinski definition) is 3. The van der Waals surface area contributed by atoms with Gasteiger partial charge in [-0.05, 0) is 17.7 Å². The van der Waals surface area contributed by atoms with Crippen LogP contribution in [0.25, 0.3) is 0 Å². The van der Waals surface area contributed by atoms with Crippen molar-refractivity contribution in [3.8, 4) is 0 Å². The number of benzene rings is 1. The molecule has 0 amide bonds. The zero-order chi connectivity index (χ0) is 10.7. The van der Waals surface area contributed by atoms with Gasteiger partial charge in [0.05, 0.1) is 6.26 Å². The van der Waals surface area contributed by atoms with Gasteiger partial charge in [0.25, 0.3) is 0 Å². The molecule has 0 bridgehead atoms. The third-order valence-electron chi connectivity index (χ3n) is 2.13. The second kappa shape index (κ2) is 4.11. The SMILES string of the molecule is O=C(c1ccco1)[C@H](O)c1ccccc1. The second-order valence-electron chi connectivity index (χ2n) is 3.15. The van der Waals surface area contributed by atoms with E-state index in [9.17, 15) is 9.90 Å². The Bertz CT molecular complexity index is 431. The first-order valence-corrected chi connectivity index (χ1v) is 4.60. The van der Waals surface area contributed by atoms with E-state index < -0.39 is 11.9 Å². The molecule has 0 saturated carbocycles. The van der Waals surface area contributed by atoms with Crippen LogP contribution in [0.3, 0.4) is 0 Å². The van der Waals surface area contributed by atoms with Crippen LogP contribution in [0.5, 0.6) is 0 Å². The molecule has 3 heteroatoms. The molecule has 0 spiro atoms. The maximum Gasteiger partial charge on any atom is 0.230 e. The number of hydrogen-bond donors (Lipinski definition) is 1. The molecular weight excluding hydrogens is 192 g/mol. The van der Waals surface area contributed by atoms with Gasteiger partial charge in [-0.2, -0.15) is 0 Å². The van der Waals surface area contributed by atoms with E-state index in [1.165, 1.54) is 12.3 Å². The van der Waals surface area contributed by atoms with Crippen molar-refractivity contribution in [3.05, 3.63) is 60.1 Å². The van der Waals surface area contributed by atoms with Crippen molar-refractivity contribution in [1.82, 2.24) is 0 Å². The van der Waals surface area contributed by atoms with Crippen LogP contribution in [0.15, 0.2) is 53.1 Å². The number of aliphatic hydroxyl groups excluding tert-OH is 1. The fourth-order valence-electron chi connectivity index (χ4n) is 1.34. The molecule has 2 rings (SSSR count). The van der Waals surface area contributed by atoms with Crippen molar-refractivity contribution in [2.75, 3.05) is 0 Å². The van der Waals surface area contributed by atoms with Crippen molar-refractivity contribution in [3.63, 3.8) is 0 Å². The van der Waals surface area contributed by atoms with Gasteiger partial charge in [-0.1, -0.05) is 30.3 Å². The number of carbonyl (C=O) groups excluding carboxylic acids is 1. The normalized spacial score (nSPS) is 12.3. The first-order chi connectivity index (χ1) is 7.29. The molecule has 2 aromatic rings. The molecule has 0 aliphatic rings. The molecule has 0 aliphatic heterocycles. The second-order valence-corrected chi connectivity index (χ2v) is 3.15. The fourth-order valence-corrected chi connectivity index (χ4v) is 1.34. The minimum Gasteiger partial charge on any atom is -0.461 e. The molecule has 15 heavy (non-hydrogen) atoms. The highest BCUT2D eigenvalue weighted by Gasteiger charge is 2.20. The highest BCUT2D eigenvalue weighted by atomic mass is 16.3. The topological polar surface area (TPSA) is 50.4 Å².